The average molecular weight is 228 g/mol. The molecule has 1 N–H and O–H groups in total. The summed E-state index contributed by atoms with van der Waals surface area (Å²) in [5, 5.41) is 3.47. The van der Waals surface area contributed by atoms with Gasteiger partial charge < -0.3 is 10.2 Å². The smallest absolute Gasteiger partial charge is 0.230 e. The van der Waals surface area contributed by atoms with Gasteiger partial charge in [0.2, 0.25) is 17.2 Å². The van der Waals surface area contributed by atoms with Crippen LogP contribution >= 0.6 is 11.6 Å². The van der Waals surface area contributed by atoms with Crippen molar-refractivity contribution in [2.75, 3.05) is 24.3 Å². The first-order valence-corrected chi connectivity index (χ1v) is 5.38. The molecule has 0 radical (unpaired) electrons. The fraction of sp³-hybridized carbons (Fsp3) is 0.667. The Morgan fingerprint density at radius 1 is 1.27 bits per heavy atom. The first kappa shape index (κ1) is 10.4. The SMILES string of the molecule is CN(C)c1nc(Cl)nc(NC2CCC2)n1. The van der Waals surface area contributed by atoms with Gasteiger partial charge in [-0.25, -0.2) is 0 Å². The molecule has 0 unspecified atom stereocenters. The van der Waals surface area contributed by atoms with Crippen LogP contribution in [0.3, 0.4) is 0 Å². The van der Waals surface area contributed by atoms with Gasteiger partial charge in [0.15, 0.2) is 0 Å². The molecule has 0 atom stereocenters. The summed E-state index contributed by atoms with van der Waals surface area (Å²) in [5.41, 5.74) is 0. The molecular formula is C9H14ClN5. The van der Waals surface area contributed by atoms with Gasteiger partial charge in [-0.2, -0.15) is 15.0 Å². The summed E-state index contributed by atoms with van der Waals surface area (Å²) in [6.07, 6.45) is 3.64. The van der Waals surface area contributed by atoms with Gasteiger partial charge in [-0.15, -0.1) is 0 Å². The molecular weight excluding hydrogens is 214 g/mol. The normalized spacial score (nSPS) is 15.9. The molecule has 1 saturated carbocycles. The second-order valence-corrected chi connectivity index (χ2v) is 4.23. The van der Waals surface area contributed by atoms with Crippen molar-refractivity contribution < 1.29 is 0 Å². The van der Waals surface area contributed by atoms with Crippen LogP contribution in [0.25, 0.3) is 0 Å². The molecule has 1 heterocycles. The number of nitrogens with zero attached hydrogens (tertiary/aromatic N) is 4. The summed E-state index contributed by atoms with van der Waals surface area (Å²) in [6, 6.07) is 0.499. The zero-order valence-electron chi connectivity index (χ0n) is 8.87. The molecule has 5 nitrogen and oxygen atoms in total. The van der Waals surface area contributed by atoms with Crippen LogP contribution in [-0.2, 0) is 0 Å². The molecule has 0 spiro atoms. The maximum absolute atomic E-state index is 5.81. The highest BCUT2D eigenvalue weighted by atomic mass is 35.5. The predicted octanol–water partition coefficient (Wildman–Crippen LogP) is 1.56. The van der Waals surface area contributed by atoms with E-state index in [2.05, 4.69) is 20.3 Å². The van der Waals surface area contributed by atoms with E-state index in [-0.39, 0.29) is 5.28 Å². The van der Waals surface area contributed by atoms with E-state index in [1.165, 1.54) is 19.3 Å². The third kappa shape index (κ3) is 2.47. The molecule has 2 rings (SSSR count). The maximum Gasteiger partial charge on any atom is 0.230 e. The Labute approximate surface area is 93.9 Å². The second-order valence-electron chi connectivity index (χ2n) is 3.89. The number of aromatic nitrogens is 3. The second kappa shape index (κ2) is 4.18. The highest BCUT2D eigenvalue weighted by molar-refractivity contribution is 6.28. The molecule has 0 amide bonds. The Bertz CT molecular complexity index is 350. The first-order chi connectivity index (χ1) is 7.15. The van der Waals surface area contributed by atoms with Crippen LogP contribution in [0.5, 0.6) is 0 Å². The van der Waals surface area contributed by atoms with Gasteiger partial charge in [0.05, 0.1) is 0 Å². The molecule has 0 aliphatic heterocycles. The fourth-order valence-electron chi connectivity index (χ4n) is 1.34. The number of hydrogen-bond acceptors (Lipinski definition) is 5. The van der Waals surface area contributed by atoms with E-state index >= 15 is 0 Å². The minimum atomic E-state index is 0.232. The maximum atomic E-state index is 5.81. The molecule has 0 aromatic carbocycles. The van der Waals surface area contributed by atoms with Crippen LogP contribution in [0.2, 0.25) is 5.28 Å². The van der Waals surface area contributed by atoms with Crippen molar-refractivity contribution in [1.29, 1.82) is 0 Å². The monoisotopic (exact) mass is 227 g/mol. The number of hydrogen-bond donors (Lipinski definition) is 1. The lowest BCUT2D eigenvalue weighted by molar-refractivity contribution is 0.443. The number of halogens is 1. The van der Waals surface area contributed by atoms with Crippen LogP contribution in [0.1, 0.15) is 19.3 Å². The van der Waals surface area contributed by atoms with Gasteiger partial charge in [0.25, 0.3) is 0 Å². The Morgan fingerprint density at radius 3 is 2.53 bits per heavy atom. The summed E-state index contributed by atoms with van der Waals surface area (Å²) in [5.74, 6) is 1.15. The highest BCUT2D eigenvalue weighted by Gasteiger charge is 2.18. The van der Waals surface area contributed by atoms with Crippen LogP contribution in [-0.4, -0.2) is 35.1 Å². The molecule has 1 fully saturated rings. The molecule has 1 aliphatic carbocycles. The molecule has 82 valence electrons. The van der Waals surface area contributed by atoms with Crippen molar-refractivity contribution in [3.63, 3.8) is 0 Å². The summed E-state index contributed by atoms with van der Waals surface area (Å²) in [4.78, 5) is 14.1. The summed E-state index contributed by atoms with van der Waals surface area (Å²) in [6.45, 7) is 0. The zero-order chi connectivity index (χ0) is 10.8. The van der Waals surface area contributed by atoms with E-state index in [4.69, 9.17) is 11.6 Å². The molecule has 0 bridgehead atoms. The predicted molar refractivity (Wildman–Crippen MR) is 60.4 cm³/mol. The topological polar surface area (TPSA) is 53.9 Å². The third-order valence-electron chi connectivity index (χ3n) is 2.43. The third-order valence-corrected chi connectivity index (χ3v) is 2.60. The lowest BCUT2D eigenvalue weighted by Gasteiger charge is -2.26. The molecule has 0 saturated heterocycles. The van der Waals surface area contributed by atoms with Crippen LogP contribution in [0.4, 0.5) is 11.9 Å². The number of anilines is 2. The van der Waals surface area contributed by atoms with Crippen molar-refractivity contribution >= 4 is 23.5 Å². The van der Waals surface area contributed by atoms with Crippen molar-refractivity contribution in [2.45, 2.75) is 25.3 Å². The molecule has 1 aromatic heterocycles. The fourth-order valence-corrected chi connectivity index (χ4v) is 1.49. The van der Waals surface area contributed by atoms with Crippen LogP contribution in [0, 0.1) is 0 Å². The van der Waals surface area contributed by atoms with Crippen molar-refractivity contribution in [1.82, 2.24) is 15.0 Å². The Hall–Kier alpha value is -1.10. The standard InChI is InChI=1S/C9H14ClN5/c1-15(2)9-13-7(10)12-8(14-9)11-6-4-3-5-6/h6H,3-5H2,1-2H3,(H,11,12,13,14). The highest BCUT2D eigenvalue weighted by Crippen LogP contribution is 2.22. The van der Waals surface area contributed by atoms with Gasteiger partial charge in [0.1, 0.15) is 0 Å². The van der Waals surface area contributed by atoms with E-state index in [9.17, 15) is 0 Å². The van der Waals surface area contributed by atoms with Crippen LogP contribution in [0.15, 0.2) is 0 Å². The quantitative estimate of drug-likeness (QED) is 0.849. The Kier molecular flexibility index (Phi) is 2.90. The lowest BCUT2D eigenvalue weighted by atomic mass is 9.93. The lowest BCUT2D eigenvalue weighted by Crippen LogP contribution is -2.28. The minimum absolute atomic E-state index is 0.232. The van der Waals surface area contributed by atoms with Crippen molar-refractivity contribution in [2.24, 2.45) is 0 Å². The van der Waals surface area contributed by atoms with Gasteiger partial charge >= 0.3 is 0 Å². The van der Waals surface area contributed by atoms with E-state index in [1.54, 1.807) is 4.90 Å². The average Bonchev–Trinajstić information content (AvgIpc) is 2.10. The van der Waals surface area contributed by atoms with E-state index in [0.717, 1.165) is 0 Å². The first-order valence-electron chi connectivity index (χ1n) is 5.00. The van der Waals surface area contributed by atoms with Gasteiger partial charge in [-0.3, -0.25) is 0 Å². The van der Waals surface area contributed by atoms with Crippen molar-refractivity contribution in [3.8, 4) is 0 Å². The Morgan fingerprint density at radius 2 is 2.00 bits per heavy atom. The van der Waals surface area contributed by atoms with Gasteiger partial charge in [-0.1, -0.05) is 0 Å². The largest absolute Gasteiger partial charge is 0.351 e. The summed E-state index contributed by atoms with van der Waals surface area (Å²) in [7, 11) is 3.75. The molecule has 1 aromatic rings. The number of nitrogens with one attached hydrogen (secondary N) is 1. The molecule has 6 heteroatoms. The van der Waals surface area contributed by atoms with Crippen molar-refractivity contribution in [3.05, 3.63) is 5.28 Å². The van der Waals surface area contributed by atoms with Gasteiger partial charge in [-0.05, 0) is 30.9 Å². The summed E-state index contributed by atoms with van der Waals surface area (Å²) < 4.78 is 0. The van der Waals surface area contributed by atoms with Gasteiger partial charge in [0, 0.05) is 20.1 Å². The van der Waals surface area contributed by atoms with Crippen LogP contribution < -0.4 is 10.2 Å². The molecule has 15 heavy (non-hydrogen) atoms. The summed E-state index contributed by atoms with van der Waals surface area (Å²) >= 11 is 5.81. The minimum Gasteiger partial charge on any atom is -0.351 e. The molecule has 1 aliphatic rings. The van der Waals surface area contributed by atoms with E-state index < -0.39 is 0 Å². The van der Waals surface area contributed by atoms with E-state index in [1.807, 2.05) is 14.1 Å². The zero-order valence-corrected chi connectivity index (χ0v) is 9.62. The number of rotatable bonds is 3. The Balaban J connectivity index is 2.15. The van der Waals surface area contributed by atoms with E-state index in [0.29, 0.717) is 17.9 Å².